The summed E-state index contributed by atoms with van der Waals surface area (Å²) >= 11 is 3.37. The van der Waals surface area contributed by atoms with Gasteiger partial charge in [-0.05, 0) is 36.8 Å². The highest BCUT2D eigenvalue weighted by atomic mass is 79.9. The molecule has 0 saturated carbocycles. The van der Waals surface area contributed by atoms with Gasteiger partial charge in [-0.2, -0.15) is 0 Å². The molecule has 1 aliphatic rings. The smallest absolute Gasteiger partial charge is 0.223 e. The van der Waals surface area contributed by atoms with Crippen LogP contribution in [0.15, 0.2) is 51.9 Å². The molecule has 0 fully saturated rings. The van der Waals surface area contributed by atoms with Crippen LogP contribution in [-0.4, -0.2) is 12.0 Å². The second-order valence-corrected chi connectivity index (χ2v) is 5.77. The summed E-state index contributed by atoms with van der Waals surface area (Å²) in [6, 6.07) is 11.1. The van der Waals surface area contributed by atoms with Crippen LogP contribution < -0.4 is 0 Å². The van der Waals surface area contributed by atoms with Crippen LogP contribution in [0.5, 0.6) is 0 Å². The van der Waals surface area contributed by atoms with Crippen LogP contribution in [0.1, 0.15) is 24.1 Å². The molecule has 3 rings (SSSR count). The normalized spacial score (nSPS) is 21.0. The van der Waals surface area contributed by atoms with E-state index in [1.54, 1.807) is 0 Å². The SMILES string of the molecule is CC1OC(c2c(F)cccc2F)=N[C@H]1c1ccc(Br)cc1. The molecule has 1 aliphatic heterocycles. The molecule has 0 aromatic heterocycles. The topological polar surface area (TPSA) is 21.6 Å². The maximum absolute atomic E-state index is 13.8. The quantitative estimate of drug-likeness (QED) is 0.772. The molecule has 0 radical (unpaired) electrons. The van der Waals surface area contributed by atoms with Crippen molar-refractivity contribution in [3.63, 3.8) is 0 Å². The second-order valence-electron chi connectivity index (χ2n) is 4.85. The Hall–Kier alpha value is -1.75. The van der Waals surface area contributed by atoms with Crippen molar-refractivity contribution in [2.45, 2.75) is 19.1 Å². The molecule has 108 valence electrons. The summed E-state index contributed by atoms with van der Waals surface area (Å²) in [6.45, 7) is 1.84. The van der Waals surface area contributed by atoms with Crippen LogP contribution in [0.25, 0.3) is 0 Å². The highest BCUT2D eigenvalue weighted by molar-refractivity contribution is 9.10. The maximum atomic E-state index is 13.8. The lowest BCUT2D eigenvalue weighted by molar-refractivity contribution is 0.213. The molecule has 0 amide bonds. The lowest BCUT2D eigenvalue weighted by Gasteiger charge is -2.13. The Morgan fingerprint density at radius 2 is 1.67 bits per heavy atom. The van der Waals surface area contributed by atoms with Gasteiger partial charge in [-0.25, -0.2) is 13.8 Å². The van der Waals surface area contributed by atoms with Crippen molar-refractivity contribution in [1.82, 2.24) is 0 Å². The molecule has 1 unspecified atom stereocenters. The fourth-order valence-corrected chi connectivity index (χ4v) is 2.60. The minimum absolute atomic E-state index is 0.0195. The van der Waals surface area contributed by atoms with E-state index in [4.69, 9.17) is 4.74 Å². The molecule has 1 heterocycles. The molecule has 0 N–H and O–H groups in total. The van der Waals surface area contributed by atoms with E-state index < -0.39 is 11.6 Å². The third-order valence-electron chi connectivity index (χ3n) is 3.39. The zero-order valence-corrected chi connectivity index (χ0v) is 12.8. The number of ether oxygens (including phenoxy) is 1. The van der Waals surface area contributed by atoms with Gasteiger partial charge in [0.05, 0.1) is 0 Å². The number of halogens is 3. The van der Waals surface area contributed by atoms with E-state index in [0.29, 0.717) is 0 Å². The second kappa shape index (κ2) is 5.56. The van der Waals surface area contributed by atoms with Gasteiger partial charge >= 0.3 is 0 Å². The van der Waals surface area contributed by atoms with Gasteiger partial charge in [0, 0.05) is 4.47 Å². The summed E-state index contributed by atoms with van der Waals surface area (Å²) in [7, 11) is 0. The average molecular weight is 352 g/mol. The van der Waals surface area contributed by atoms with E-state index in [2.05, 4.69) is 20.9 Å². The Morgan fingerprint density at radius 1 is 1.05 bits per heavy atom. The Bertz CT molecular complexity index is 680. The molecule has 2 nitrogen and oxygen atoms in total. The Labute approximate surface area is 129 Å². The van der Waals surface area contributed by atoms with Gasteiger partial charge in [-0.1, -0.05) is 34.1 Å². The summed E-state index contributed by atoms with van der Waals surface area (Å²) < 4.78 is 34.1. The summed E-state index contributed by atoms with van der Waals surface area (Å²) in [6.07, 6.45) is -0.278. The van der Waals surface area contributed by atoms with Crippen LogP contribution in [0.4, 0.5) is 8.78 Å². The molecule has 0 saturated heterocycles. The standard InChI is InChI=1S/C16H12BrF2NO/c1-9-15(10-5-7-11(17)8-6-10)20-16(21-9)14-12(18)3-2-4-13(14)19/h2-9,15H,1H3/t9?,15-/m1/s1. The summed E-state index contributed by atoms with van der Waals surface area (Å²) in [5.41, 5.74) is 0.737. The number of benzene rings is 2. The van der Waals surface area contributed by atoms with Crippen LogP contribution in [0.3, 0.4) is 0 Å². The molecular formula is C16H12BrF2NO. The number of hydrogen-bond acceptors (Lipinski definition) is 2. The van der Waals surface area contributed by atoms with Crippen LogP contribution in [0.2, 0.25) is 0 Å². The largest absolute Gasteiger partial charge is 0.472 e. The average Bonchev–Trinajstić information content (AvgIpc) is 2.81. The van der Waals surface area contributed by atoms with Gasteiger partial charge < -0.3 is 4.74 Å². The van der Waals surface area contributed by atoms with Gasteiger partial charge in [0.2, 0.25) is 5.90 Å². The number of aliphatic imine (C=N–C) groups is 1. The molecule has 2 aromatic rings. The molecule has 5 heteroatoms. The monoisotopic (exact) mass is 351 g/mol. The molecule has 2 aromatic carbocycles. The van der Waals surface area contributed by atoms with Crippen molar-refractivity contribution < 1.29 is 13.5 Å². The van der Waals surface area contributed by atoms with Gasteiger partial charge in [-0.3, -0.25) is 0 Å². The minimum Gasteiger partial charge on any atom is -0.472 e. The van der Waals surface area contributed by atoms with Crippen molar-refractivity contribution in [2.75, 3.05) is 0 Å². The predicted molar refractivity (Wildman–Crippen MR) is 80.3 cm³/mol. The third kappa shape index (κ3) is 2.70. The van der Waals surface area contributed by atoms with Gasteiger partial charge in [-0.15, -0.1) is 0 Å². The summed E-state index contributed by atoms with van der Waals surface area (Å²) in [5, 5.41) is 0. The van der Waals surface area contributed by atoms with E-state index in [-0.39, 0.29) is 23.6 Å². The number of hydrogen-bond donors (Lipinski definition) is 0. The predicted octanol–water partition coefficient (Wildman–Crippen LogP) is 4.63. The van der Waals surface area contributed by atoms with Crippen molar-refractivity contribution in [1.29, 1.82) is 0 Å². The van der Waals surface area contributed by atoms with Crippen LogP contribution in [0, 0.1) is 11.6 Å². The van der Waals surface area contributed by atoms with E-state index in [1.807, 2.05) is 31.2 Å². The van der Waals surface area contributed by atoms with Gasteiger partial charge in [0.25, 0.3) is 0 Å². The first-order valence-corrected chi connectivity index (χ1v) is 7.30. The van der Waals surface area contributed by atoms with Crippen molar-refractivity contribution >= 4 is 21.8 Å². The van der Waals surface area contributed by atoms with E-state index >= 15 is 0 Å². The molecule has 21 heavy (non-hydrogen) atoms. The third-order valence-corrected chi connectivity index (χ3v) is 3.92. The van der Waals surface area contributed by atoms with Crippen molar-refractivity contribution in [2.24, 2.45) is 4.99 Å². The van der Waals surface area contributed by atoms with Crippen molar-refractivity contribution in [3.8, 4) is 0 Å². The van der Waals surface area contributed by atoms with Crippen LogP contribution >= 0.6 is 15.9 Å². The molecule has 0 spiro atoms. The first-order valence-electron chi connectivity index (χ1n) is 6.50. The molecule has 2 atom stereocenters. The first-order chi connectivity index (χ1) is 10.1. The van der Waals surface area contributed by atoms with Crippen LogP contribution in [-0.2, 0) is 4.74 Å². The lowest BCUT2D eigenvalue weighted by atomic mass is 10.0. The zero-order chi connectivity index (χ0) is 15.0. The fraction of sp³-hybridized carbons (Fsp3) is 0.188. The van der Waals surface area contributed by atoms with Gasteiger partial charge in [0.15, 0.2) is 0 Å². The Balaban J connectivity index is 1.99. The lowest BCUT2D eigenvalue weighted by Crippen LogP contribution is -2.14. The summed E-state index contributed by atoms with van der Waals surface area (Å²) in [4.78, 5) is 4.36. The zero-order valence-electron chi connectivity index (χ0n) is 11.2. The first kappa shape index (κ1) is 14.2. The van der Waals surface area contributed by atoms with Gasteiger partial charge in [0.1, 0.15) is 29.3 Å². The van der Waals surface area contributed by atoms with E-state index in [0.717, 1.165) is 10.0 Å². The fourth-order valence-electron chi connectivity index (χ4n) is 2.33. The van der Waals surface area contributed by atoms with E-state index in [9.17, 15) is 8.78 Å². The van der Waals surface area contributed by atoms with E-state index in [1.165, 1.54) is 18.2 Å². The Morgan fingerprint density at radius 3 is 2.29 bits per heavy atom. The molecular weight excluding hydrogens is 340 g/mol. The Kier molecular flexibility index (Phi) is 3.76. The number of rotatable bonds is 2. The summed E-state index contributed by atoms with van der Waals surface area (Å²) in [5.74, 6) is -1.32. The maximum Gasteiger partial charge on any atom is 0.223 e. The number of nitrogens with zero attached hydrogens (tertiary/aromatic N) is 1. The molecule has 0 bridgehead atoms. The highest BCUT2D eigenvalue weighted by Gasteiger charge is 2.31. The highest BCUT2D eigenvalue weighted by Crippen LogP contribution is 2.32. The van der Waals surface area contributed by atoms with Crippen molar-refractivity contribution in [3.05, 3.63) is 69.7 Å². The molecule has 0 aliphatic carbocycles. The minimum atomic E-state index is -0.669.